The second-order valence-electron chi connectivity index (χ2n) is 6.92. The van der Waals surface area contributed by atoms with E-state index in [1.165, 1.54) is 36.3 Å². The molecule has 0 amide bonds. The average molecular weight is 397 g/mol. The average Bonchev–Trinajstić information content (AvgIpc) is 3.15. The van der Waals surface area contributed by atoms with Crippen molar-refractivity contribution in [2.75, 3.05) is 13.2 Å². The van der Waals surface area contributed by atoms with Gasteiger partial charge in [-0.25, -0.2) is 0 Å². The molecule has 2 nitrogen and oxygen atoms in total. The summed E-state index contributed by atoms with van der Waals surface area (Å²) in [6.07, 6.45) is 3.54. The lowest BCUT2D eigenvalue weighted by Gasteiger charge is -2.08. The van der Waals surface area contributed by atoms with Crippen LogP contribution in [0.2, 0.25) is 0 Å². The highest BCUT2D eigenvalue weighted by Gasteiger charge is 2.13. The van der Waals surface area contributed by atoms with E-state index in [1.807, 2.05) is 23.5 Å². The molecule has 0 unspecified atom stereocenters. The quantitative estimate of drug-likeness (QED) is 0.277. The van der Waals surface area contributed by atoms with Crippen LogP contribution in [0.5, 0.6) is 11.5 Å². The maximum atomic E-state index is 5.87. The van der Waals surface area contributed by atoms with Gasteiger partial charge >= 0.3 is 0 Å². The van der Waals surface area contributed by atoms with E-state index in [2.05, 4.69) is 61.7 Å². The molecule has 0 saturated carbocycles. The van der Waals surface area contributed by atoms with E-state index < -0.39 is 0 Å². The molecule has 1 aromatic heterocycles. The molecular weight excluding hydrogens is 376 g/mol. The van der Waals surface area contributed by atoms with E-state index in [-0.39, 0.29) is 0 Å². The lowest BCUT2D eigenvalue weighted by atomic mass is 10.0. The van der Waals surface area contributed by atoms with Crippen molar-refractivity contribution in [1.82, 2.24) is 0 Å². The third-order valence-corrected chi connectivity index (χ3v) is 6.34. The van der Waals surface area contributed by atoms with E-state index in [1.54, 1.807) is 12.2 Å². The van der Waals surface area contributed by atoms with Gasteiger partial charge in [-0.15, -0.1) is 11.3 Å². The van der Waals surface area contributed by atoms with E-state index in [0.29, 0.717) is 13.2 Å². The highest BCUT2D eigenvalue weighted by molar-refractivity contribution is 7.26. The van der Waals surface area contributed by atoms with Gasteiger partial charge in [-0.05, 0) is 41.1 Å². The smallest absolute Gasteiger partial charge is 0.127 e. The Morgan fingerprint density at radius 2 is 1.55 bits per heavy atom. The van der Waals surface area contributed by atoms with Crippen molar-refractivity contribution in [1.29, 1.82) is 0 Å². The molecule has 1 heterocycles. The maximum Gasteiger partial charge on any atom is 0.127 e. The van der Waals surface area contributed by atoms with E-state index in [4.69, 9.17) is 9.47 Å². The van der Waals surface area contributed by atoms with Crippen molar-refractivity contribution < 1.29 is 9.47 Å². The summed E-state index contributed by atoms with van der Waals surface area (Å²) in [7, 11) is 0. The predicted octanol–water partition coefficient (Wildman–Crippen LogP) is 7.49. The molecule has 5 aromatic rings. The Kier molecular flexibility index (Phi) is 4.45. The number of rotatable bonds is 6. The first kappa shape index (κ1) is 17.8. The second-order valence-corrected chi connectivity index (χ2v) is 7.97. The molecule has 0 spiro atoms. The second kappa shape index (κ2) is 7.26. The molecule has 0 radical (unpaired) electrons. The van der Waals surface area contributed by atoms with Crippen LogP contribution in [0.15, 0.2) is 86.0 Å². The van der Waals surface area contributed by atoms with E-state index in [0.717, 1.165) is 16.9 Å². The molecule has 0 aliphatic carbocycles. The summed E-state index contributed by atoms with van der Waals surface area (Å²) in [4.78, 5) is 0. The Morgan fingerprint density at radius 3 is 2.41 bits per heavy atom. The summed E-state index contributed by atoms with van der Waals surface area (Å²) >= 11 is 1.84. The zero-order chi connectivity index (χ0) is 19.8. The van der Waals surface area contributed by atoms with E-state index >= 15 is 0 Å². The third kappa shape index (κ3) is 2.95. The standard InChI is InChI=1S/C26H20O2S/c1-3-14-27-18-9-10-19-17(16-18)8-13-24-25(19)22-12-11-20-21(26(22)29-24)6-5-7-23(20)28-15-4-2/h3-13,16H,1-2,14-15H2. The van der Waals surface area contributed by atoms with Crippen molar-refractivity contribution in [3.63, 3.8) is 0 Å². The lowest BCUT2D eigenvalue weighted by molar-refractivity contribution is 0.364. The van der Waals surface area contributed by atoms with Gasteiger partial charge in [0.1, 0.15) is 24.7 Å². The molecule has 4 aromatic carbocycles. The molecule has 0 N–H and O–H groups in total. The first-order valence-corrected chi connectivity index (χ1v) is 10.4. The van der Waals surface area contributed by atoms with Gasteiger partial charge in [0.15, 0.2) is 0 Å². The van der Waals surface area contributed by atoms with Gasteiger partial charge < -0.3 is 9.47 Å². The summed E-state index contributed by atoms with van der Waals surface area (Å²) in [6, 6.07) is 21.3. The van der Waals surface area contributed by atoms with Gasteiger partial charge in [-0.2, -0.15) is 0 Å². The fourth-order valence-corrected chi connectivity index (χ4v) is 5.13. The minimum Gasteiger partial charge on any atom is -0.490 e. The Balaban J connectivity index is 1.76. The Hall–Kier alpha value is -3.30. The molecule has 0 bridgehead atoms. The summed E-state index contributed by atoms with van der Waals surface area (Å²) in [6.45, 7) is 8.48. The van der Waals surface area contributed by atoms with Crippen LogP contribution in [0, 0.1) is 0 Å². The van der Waals surface area contributed by atoms with Crippen molar-refractivity contribution in [2.45, 2.75) is 0 Å². The first-order chi connectivity index (χ1) is 14.3. The summed E-state index contributed by atoms with van der Waals surface area (Å²) < 4.78 is 14.2. The zero-order valence-corrected chi connectivity index (χ0v) is 16.8. The first-order valence-electron chi connectivity index (χ1n) is 9.58. The van der Waals surface area contributed by atoms with Gasteiger partial charge in [-0.3, -0.25) is 0 Å². The number of hydrogen-bond donors (Lipinski definition) is 0. The molecule has 3 heteroatoms. The van der Waals surface area contributed by atoms with Crippen LogP contribution in [0.4, 0.5) is 0 Å². The third-order valence-electron chi connectivity index (χ3n) is 5.13. The number of fused-ring (bicyclic) bond motifs is 7. The molecule has 0 fully saturated rings. The number of thiophene rings is 1. The fraction of sp³-hybridized carbons (Fsp3) is 0.0769. The SMILES string of the molecule is C=CCOc1ccc2c(ccc3sc4c5cccc(OCC=C)c5ccc4c32)c1. The zero-order valence-electron chi connectivity index (χ0n) is 16.0. The molecule has 0 aliphatic rings. The van der Waals surface area contributed by atoms with Crippen LogP contribution in [-0.2, 0) is 0 Å². The van der Waals surface area contributed by atoms with Crippen molar-refractivity contribution in [2.24, 2.45) is 0 Å². The Morgan fingerprint density at radius 1 is 0.759 bits per heavy atom. The summed E-state index contributed by atoms with van der Waals surface area (Å²) in [5.74, 6) is 1.77. The highest BCUT2D eigenvalue weighted by atomic mass is 32.1. The van der Waals surface area contributed by atoms with Crippen LogP contribution in [0.1, 0.15) is 0 Å². The normalized spacial score (nSPS) is 11.3. The summed E-state index contributed by atoms with van der Waals surface area (Å²) in [5, 5.41) is 7.38. The Bertz CT molecular complexity index is 1390. The minimum absolute atomic E-state index is 0.504. The largest absolute Gasteiger partial charge is 0.490 e. The molecule has 29 heavy (non-hydrogen) atoms. The topological polar surface area (TPSA) is 18.5 Å². The molecule has 5 rings (SSSR count). The van der Waals surface area contributed by atoms with E-state index in [9.17, 15) is 0 Å². The van der Waals surface area contributed by atoms with Crippen LogP contribution < -0.4 is 9.47 Å². The lowest BCUT2D eigenvalue weighted by Crippen LogP contribution is -1.93. The number of benzene rings is 4. The van der Waals surface area contributed by atoms with Crippen LogP contribution >= 0.6 is 11.3 Å². The van der Waals surface area contributed by atoms with Gasteiger partial charge in [-0.1, -0.05) is 55.6 Å². The van der Waals surface area contributed by atoms with Crippen LogP contribution in [0.25, 0.3) is 41.7 Å². The van der Waals surface area contributed by atoms with Crippen molar-refractivity contribution in [3.05, 3.63) is 86.0 Å². The molecule has 0 aliphatic heterocycles. The monoisotopic (exact) mass is 396 g/mol. The summed E-state index contributed by atoms with van der Waals surface area (Å²) in [5.41, 5.74) is 0. The number of hydrogen-bond acceptors (Lipinski definition) is 3. The van der Waals surface area contributed by atoms with Gasteiger partial charge in [0.25, 0.3) is 0 Å². The molecule has 0 saturated heterocycles. The van der Waals surface area contributed by atoms with Gasteiger partial charge in [0.2, 0.25) is 0 Å². The van der Waals surface area contributed by atoms with Gasteiger partial charge in [0.05, 0.1) is 0 Å². The molecular formula is C26H20O2S. The van der Waals surface area contributed by atoms with Gasteiger partial charge in [0, 0.05) is 30.9 Å². The number of ether oxygens (including phenoxy) is 2. The maximum absolute atomic E-state index is 5.87. The molecule has 0 atom stereocenters. The van der Waals surface area contributed by atoms with Crippen molar-refractivity contribution >= 4 is 53.1 Å². The van der Waals surface area contributed by atoms with Crippen LogP contribution in [0.3, 0.4) is 0 Å². The highest BCUT2D eigenvalue weighted by Crippen LogP contribution is 2.43. The van der Waals surface area contributed by atoms with Crippen LogP contribution in [-0.4, -0.2) is 13.2 Å². The fourth-order valence-electron chi connectivity index (χ4n) is 3.89. The minimum atomic E-state index is 0.504. The van der Waals surface area contributed by atoms with Crippen molar-refractivity contribution in [3.8, 4) is 11.5 Å². The predicted molar refractivity (Wildman–Crippen MR) is 126 cm³/mol. The molecule has 142 valence electrons. The Labute approximate surface area is 173 Å².